The molecule has 2 aromatic heterocycles. The number of methoxy groups -OCH3 is 1. The van der Waals surface area contributed by atoms with Crippen LogP contribution in [0, 0.1) is 6.92 Å². The SMILES string of the molecule is COCCn1ccc(-c2sc(NCc3ccc4c(c3)OCO4)nc2C)n1. The Hall–Kier alpha value is -2.58. The summed E-state index contributed by atoms with van der Waals surface area (Å²) in [4.78, 5) is 5.70. The second-order valence-corrected chi connectivity index (χ2v) is 6.93. The number of anilines is 1. The molecule has 4 rings (SSSR count). The average Bonchev–Trinajstić information content (AvgIpc) is 3.37. The molecule has 0 unspecified atom stereocenters. The molecule has 1 aliphatic rings. The van der Waals surface area contributed by atoms with Crippen molar-refractivity contribution in [1.82, 2.24) is 14.8 Å². The summed E-state index contributed by atoms with van der Waals surface area (Å²) in [5.41, 5.74) is 3.03. The number of hydrogen-bond donors (Lipinski definition) is 1. The van der Waals surface area contributed by atoms with Crippen LogP contribution >= 0.6 is 11.3 Å². The number of aryl methyl sites for hydroxylation is 1. The van der Waals surface area contributed by atoms with Crippen molar-refractivity contribution in [2.45, 2.75) is 20.0 Å². The van der Waals surface area contributed by atoms with Crippen molar-refractivity contribution in [2.24, 2.45) is 0 Å². The van der Waals surface area contributed by atoms with Crippen molar-refractivity contribution in [3.8, 4) is 22.1 Å². The fraction of sp³-hybridized carbons (Fsp3) is 0.333. The fourth-order valence-electron chi connectivity index (χ4n) is 2.73. The highest BCUT2D eigenvalue weighted by atomic mass is 32.1. The molecule has 0 fully saturated rings. The minimum absolute atomic E-state index is 0.290. The average molecular weight is 372 g/mol. The summed E-state index contributed by atoms with van der Waals surface area (Å²) in [6.45, 7) is 4.35. The number of benzene rings is 1. The third-order valence-electron chi connectivity index (χ3n) is 4.08. The van der Waals surface area contributed by atoms with E-state index in [2.05, 4.69) is 15.4 Å². The van der Waals surface area contributed by atoms with Gasteiger partial charge in [0.1, 0.15) is 5.69 Å². The van der Waals surface area contributed by atoms with Crippen molar-refractivity contribution >= 4 is 16.5 Å². The Morgan fingerprint density at radius 1 is 1.27 bits per heavy atom. The zero-order valence-corrected chi connectivity index (χ0v) is 15.5. The van der Waals surface area contributed by atoms with Crippen LogP contribution in [0.25, 0.3) is 10.6 Å². The number of thiazole rings is 1. The van der Waals surface area contributed by atoms with Gasteiger partial charge >= 0.3 is 0 Å². The molecule has 0 aliphatic carbocycles. The van der Waals surface area contributed by atoms with E-state index in [-0.39, 0.29) is 6.79 Å². The summed E-state index contributed by atoms with van der Waals surface area (Å²) in [6, 6.07) is 7.97. The van der Waals surface area contributed by atoms with Crippen LogP contribution in [0.15, 0.2) is 30.5 Å². The van der Waals surface area contributed by atoms with Crippen molar-refractivity contribution in [2.75, 3.05) is 25.8 Å². The topological polar surface area (TPSA) is 70.4 Å². The number of aromatic nitrogens is 3. The van der Waals surface area contributed by atoms with Crippen LogP contribution in [-0.2, 0) is 17.8 Å². The van der Waals surface area contributed by atoms with Gasteiger partial charge in [-0.3, -0.25) is 4.68 Å². The second-order valence-electron chi connectivity index (χ2n) is 5.93. The minimum Gasteiger partial charge on any atom is -0.454 e. The first-order valence-corrected chi connectivity index (χ1v) is 9.17. The Labute approximate surface area is 155 Å². The van der Waals surface area contributed by atoms with E-state index in [1.165, 1.54) is 0 Å². The summed E-state index contributed by atoms with van der Waals surface area (Å²) >= 11 is 1.61. The van der Waals surface area contributed by atoms with Crippen LogP contribution in [0.5, 0.6) is 11.5 Å². The normalized spacial score (nSPS) is 12.5. The first-order chi connectivity index (χ1) is 12.7. The number of fused-ring (bicyclic) bond motifs is 1. The van der Waals surface area contributed by atoms with Gasteiger partial charge in [0.15, 0.2) is 16.6 Å². The van der Waals surface area contributed by atoms with Gasteiger partial charge in [0.05, 0.1) is 23.7 Å². The number of nitrogens with one attached hydrogen (secondary N) is 1. The van der Waals surface area contributed by atoms with Crippen LogP contribution in [-0.4, -0.2) is 35.3 Å². The van der Waals surface area contributed by atoms with Crippen LogP contribution in [0.3, 0.4) is 0 Å². The maximum atomic E-state index is 5.42. The lowest BCUT2D eigenvalue weighted by atomic mass is 10.2. The zero-order valence-electron chi connectivity index (χ0n) is 14.7. The van der Waals surface area contributed by atoms with Crippen LogP contribution < -0.4 is 14.8 Å². The monoisotopic (exact) mass is 372 g/mol. The molecule has 0 saturated carbocycles. The van der Waals surface area contributed by atoms with E-state index >= 15 is 0 Å². The molecule has 0 spiro atoms. The van der Waals surface area contributed by atoms with Gasteiger partial charge in [-0.2, -0.15) is 5.10 Å². The van der Waals surface area contributed by atoms with E-state index in [4.69, 9.17) is 14.2 Å². The van der Waals surface area contributed by atoms with E-state index in [1.54, 1.807) is 18.4 Å². The van der Waals surface area contributed by atoms with Crippen molar-refractivity contribution in [3.05, 3.63) is 41.7 Å². The van der Waals surface area contributed by atoms with Gasteiger partial charge in [-0.15, -0.1) is 0 Å². The van der Waals surface area contributed by atoms with Gasteiger partial charge in [-0.1, -0.05) is 17.4 Å². The maximum Gasteiger partial charge on any atom is 0.231 e. The van der Waals surface area contributed by atoms with E-state index in [0.717, 1.165) is 45.0 Å². The van der Waals surface area contributed by atoms with Crippen molar-refractivity contribution < 1.29 is 14.2 Å². The van der Waals surface area contributed by atoms with Gasteiger partial charge in [0.25, 0.3) is 0 Å². The summed E-state index contributed by atoms with van der Waals surface area (Å²) in [6.07, 6.45) is 1.97. The lowest BCUT2D eigenvalue weighted by molar-refractivity contribution is 0.174. The molecule has 0 radical (unpaired) electrons. The second kappa shape index (κ2) is 7.35. The predicted octanol–water partition coefficient (Wildman–Crippen LogP) is 3.30. The first kappa shape index (κ1) is 16.9. The van der Waals surface area contributed by atoms with Gasteiger partial charge in [-0.05, 0) is 30.7 Å². The third-order valence-corrected chi connectivity index (χ3v) is 5.21. The Morgan fingerprint density at radius 2 is 2.15 bits per heavy atom. The van der Waals surface area contributed by atoms with E-state index in [1.807, 2.05) is 42.1 Å². The molecular weight excluding hydrogens is 352 g/mol. The summed E-state index contributed by atoms with van der Waals surface area (Å²) in [5, 5.41) is 8.86. The molecule has 1 aliphatic heterocycles. The van der Waals surface area contributed by atoms with Crippen LogP contribution in [0.1, 0.15) is 11.3 Å². The van der Waals surface area contributed by atoms with E-state index in [9.17, 15) is 0 Å². The maximum absolute atomic E-state index is 5.42. The molecular formula is C18H20N4O3S. The smallest absolute Gasteiger partial charge is 0.231 e. The first-order valence-electron chi connectivity index (χ1n) is 8.35. The highest BCUT2D eigenvalue weighted by Crippen LogP contribution is 2.34. The van der Waals surface area contributed by atoms with Gasteiger partial charge in [0.2, 0.25) is 6.79 Å². The molecule has 26 heavy (non-hydrogen) atoms. The molecule has 1 aromatic carbocycles. The Balaban J connectivity index is 1.44. The Kier molecular flexibility index (Phi) is 4.77. The molecule has 0 bridgehead atoms. The lowest BCUT2D eigenvalue weighted by Gasteiger charge is -2.04. The quantitative estimate of drug-likeness (QED) is 0.686. The Bertz CT molecular complexity index is 906. The number of rotatable bonds is 7. The molecule has 7 nitrogen and oxygen atoms in total. The molecule has 3 heterocycles. The molecule has 3 aromatic rings. The summed E-state index contributed by atoms with van der Waals surface area (Å²) < 4.78 is 17.7. The van der Waals surface area contributed by atoms with Crippen LogP contribution in [0.4, 0.5) is 5.13 Å². The molecule has 0 saturated heterocycles. The highest BCUT2D eigenvalue weighted by Gasteiger charge is 2.15. The zero-order chi connectivity index (χ0) is 17.9. The minimum atomic E-state index is 0.290. The van der Waals surface area contributed by atoms with Gasteiger partial charge in [-0.25, -0.2) is 4.98 Å². The van der Waals surface area contributed by atoms with E-state index < -0.39 is 0 Å². The number of ether oxygens (including phenoxy) is 3. The summed E-state index contributed by atoms with van der Waals surface area (Å²) in [5.74, 6) is 1.59. The summed E-state index contributed by atoms with van der Waals surface area (Å²) in [7, 11) is 1.69. The van der Waals surface area contributed by atoms with E-state index in [0.29, 0.717) is 13.2 Å². The molecule has 0 atom stereocenters. The van der Waals surface area contributed by atoms with Crippen molar-refractivity contribution in [1.29, 1.82) is 0 Å². The third kappa shape index (κ3) is 3.51. The van der Waals surface area contributed by atoms with Gasteiger partial charge in [0, 0.05) is 19.9 Å². The predicted molar refractivity (Wildman–Crippen MR) is 99.8 cm³/mol. The lowest BCUT2D eigenvalue weighted by Crippen LogP contribution is -2.04. The standard InChI is InChI=1S/C18H20N4O3S/c1-12-17(14-5-6-22(21-14)7-8-23-2)26-18(20-12)19-10-13-3-4-15-16(9-13)25-11-24-15/h3-6,9H,7-8,10-11H2,1-2H3,(H,19,20). The highest BCUT2D eigenvalue weighted by molar-refractivity contribution is 7.19. The Morgan fingerprint density at radius 3 is 3.04 bits per heavy atom. The fourth-order valence-corrected chi connectivity index (χ4v) is 3.66. The largest absolute Gasteiger partial charge is 0.454 e. The van der Waals surface area contributed by atoms with Crippen LogP contribution in [0.2, 0.25) is 0 Å². The van der Waals surface area contributed by atoms with Crippen molar-refractivity contribution in [3.63, 3.8) is 0 Å². The molecule has 1 N–H and O–H groups in total. The number of hydrogen-bond acceptors (Lipinski definition) is 7. The molecule has 0 amide bonds. The van der Waals surface area contributed by atoms with Gasteiger partial charge < -0.3 is 19.5 Å². The molecule has 136 valence electrons. The molecule has 8 heteroatoms. The number of nitrogens with zero attached hydrogens (tertiary/aromatic N) is 3.